The number of carboxylic acid groups (broad SMARTS) is 1. The molecule has 0 aliphatic carbocycles. The molecule has 2 aliphatic rings. The average Bonchev–Trinajstić information content (AvgIpc) is 3.24. The maximum Gasteiger partial charge on any atom is 0.311 e. The molecule has 0 aromatic carbocycles. The van der Waals surface area contributed by atoms with E-state index in [9.17, 15) is 19.5 Å². The van der Waals surface area contributed by atoms with Crippen molar-refractivity contribution in [1.82, 2.24) is 9.80 Å². The summed E-state index contributed by atoms with van der Waals surface area (Å²) in [7, 11) is 0. The molecule has 130 valence electrons. The van der Waals surface area contributed by atoms with Crippen LogP contribution in [-0.2, 0) is 9.59 Å². The molecule has 3 heterocycles. The van der Waals surface area contributed by atoms with Gasteiger partial charge in [-0.05, 0) is 44.7 Å². The van der Waals surface area contributed by atoms with Crippen LogP contribution in [0.1, 0.15) is 43.2 Å². The molecule has 0 spiro atoms. The van der Waals surface area contributed by atoms with Gasteiger partial charge in [0.15, 0.2) is 5.76 Å². The minimum atomic E-state index is -0.903. The number of likely N-dealkylation sites (tertiary alicyclic amines) is 2. The molecule has 3 rings (SSSR count). The van der Waals surface area contributed by atoms with Crippen molar-refractivity contribution in [3.05, 3.63) is 24.2 Å². The summed E-state index contributed by atoms with van der Waals surface area (Å²) >= 11 is 0. The Morgan fingerprint density at radius 2 is 2.08 bits per heavy atom. The van der Waals surface area contributed by atoms with Gasteiger partial charge in [0.2, 0.25) is 5.91 Å². The van der Waals surface area contributed by atoms with Crippen LogP contribution < -0.4 is 0 Å². The highest BCUT2D eigenvalue weighted by atomic mass is 16.4. The van der Waals surface area contributed by atoms with Gasteiger partial charge in [-0.2, -0.15) is 0 Å². The normalized spacial score (nSPS) is 27.3. The predicted octanol–water partition coefficient (Wildman–Crippen LogP) is 1.60. The quantitative estimate of drug-likeness (QED) is 0.906. The highest BCUT2D eigenvalue weighted by Crippen LogP contribution is 2.32. The van der Waals surface area contributed by atoms with Crippen molar-refractivity contribution in [2.45, 2.75) is 38.6 Å². The van der Waals surface area contributed by atoms with Crippen LogP contribution >= 0.6 is 0 Å². The highest BCUT2D eigenvalue weighted by molar-refractivity contribution is 5.96. The molecule has 2 amide bonds. The molecule has 7 heteroatoms. The third-order valence-corrected chi connectivity index (χ3v) is 5.08. The largest absolute Gasteiger partial charge is 0.481 e. The molecule has 1 N–H and O–H groups in total. The Balaban J connectivity index is 1.75. The van der Waals surface area contributed by atoms with E-state index >= 15 is 0 Å². The second-order valence-electron chi connectivity index (χ2n) is 6.86. The van der Waals surface area contributed by atoms with Crippen LogP contribution in [0, 0.1) is 5.41 Å². The molecule has 2 atom stereocenters. The van der Waals surface area contributed by atoms with E-state index < -0.39 is 17.4 Å². The molecule has 2 unspecified atom stereocenters. The molecule has 2 aliphatic heterocycles. The number of amides is 2. The first-order valence-corrected chi connectivity index (χ1v) is 8.29. The van der Waals surface area contributed by atoms with E-state index in [2.05, 4.69) is 0 Å². The zero-order valence-electron chi connectivity index (χ0n) is 13.7. The third-order valence-electron chi connectivity index (χ3n) is 5.08. The number of carbonyl (C=O) groups is 3. The Labute approximate surface area is 140 Å². The zero-order valence-corrected chi connectivity index (χ0v) is 13.7. The summed E-state index contributed by atoms with van der Waals surface area (Å²) in [5.41, 5.74) is -0.903. The molecule has 0 bridgehead atoms. The fourth-order valence-corrected chi connectivity index (χ4v) is 3.51. The Hall–Kier alpha value is -2.31. The van der Waals surface area contributed by atoms with Crippen LogP contribution in [0.4, 0.5) is 0 Å². The van der Waals surface area contributed by atoms with E-state index in [1.54, 1.807) is 28.9 Å². The lowest BCUT2D eigenvalue weighted by Gasteiger charge is -2.36. The molecule has 7 nitrogen and oxygen atoms in total. The Morgan fingerprint density at radius 3 is 2.71 bits per heavy atom. The first-order valence-electron chi connectivity index (χ1n) is 8.29. The number of furan rings is 1. The van der Waals surface area contributed by atoms with Gasteiger partial charge in [0.1, 0.15) is 6.04 Å². The van der Waals surface area contributed by atoms with Crippen molar-refractivity contribution < 1.29 is 23.9 Å². The smallest absolute Gasteiger partial charge is 0.311 e. The summed E-state index contributed by atoms with van der Waals surface area (Å²) in [6.45, 7) is 2.79. The maximum atomic E-state index is 12.9. The summed E-state index contributed by atoms with van der Waals surface area (Å²) in [5.74, 6) is -1.09. The number of nitrogens with zero attached hydrogens (tertiary/aromatic N) is 2. The predicted molar refractivity (Wildman–Crippen MR) is 84.3 cm³/mol. The van der Waals surface area contributed by atoms with Crippen LogP contribution in [0.5, 0.6) is 0 Å². The molecule has 0 radical (unpaired) electrons. The monoisotopic (exact) mass is 334 g/mol. The summed E-state index contributed by atoms with van der Waals surface area (Å²) < 4.78 is 5.17. The molecule has 1 aromatic heterocycles. The molecule has 0 saturated carbocycles. The molecule has 24 heavy (non-hydrogen) atoms. The van der Waals surface area contributed by atoms with Gasteiger partial charge in [-0.3, -0.25) is 14.4 Å². The van der Waals surface area contributed by atoms with Gasteiger partial charge in [0, 0.05) is 19.6 Å². The van der Waals surface area contributed by atoms with E-state index in [0.717, 1.165) is 12.8 Å². The van der Waals surface area contributed by atoms with E-state index in [1.807, 2.05) is 0 Å². The lowest BCUT2D eigenvalue weighted by Crippen LogP contribution is -2.53. The number of carboxylic acids is 1. The number of aliphatic carboxylic acids is 1. The van der Waals surface area contributed by atoms with Crippen LogP contribution in [0.2, 0.25) is 0 Å². The van der Waals surface area contributed by atoms with Crippen molar-refractivity contribution in [3.63, 3.8) is 0 Å². The Kier molecular flexibility index (Phi) is 4.34. The molecular formula is C17H22N2O5. The molecule has 2 fully saturated rings. The van der Waals surface area contributed by atoms with E-state index in [-0.39, 0.29) is 24.1 Å². The second-order valence-corrected chi connectivity index (χ2v) is 6.86. The van der Waals surface area contributed by atoms with Crippen molar-refractivity contribution in [2.24, 2.45) is 5.41 Å². The van der Waals surface area contributed by atoms with Gasteiger partial charge in [0.05, 0.1) is 11.7 Å². The summed E-state index contributed by atoms with van der Waals surface area (Å²) in [5, 5.41) is 9.33. The first-order chi connectivity index (χ1) is 11.4. The van der Waals surface area contributed by atoms with Crippen LogP contribution in [0.25, 0.3) is 0 Å². The number of hydrogen-bond acceptors (Lipinski definition) is 4. The lowest BCUT2D eigenvalue weighted by molar-refractivity contribution is -0.147. The van der Waals surface area contributed by atoms with Gasteiger partial charge in [-0.1, -0.05) is 0 Å². The number of piperidine rings is 1. The van der Waals surface area contributed by atoms with Crippen molar-refractivity contribution >= 4 is 17.8 Å². The standard InChI is InChI=1S/C17H22N2O5/c1-17(16(22)23)7-9-18(11-17)14(20)12-5-2-3-8-19(12)15(21)13-6-4-10-24-13/h4,6,10,12H,2-3,5,7-9,11H2,1H3,(H,22,23). The Morgan fingerprint density at radius 1 is 1.29 bits per heavy atom. The molecule has 1 aromatic rings. The molecule has 2 saturated heterocycles. The van der Waals surface area contributed by atoms with Gasteiger partial charge < -0.3 is 19.3 Å². The van der Waals surface area contributed by atoms with Crippen molar-refractivity contribution in [2.75, 3.05) is 19.6 Å². The van der Waals surface area contributed by atoms with Crippen molar-refractivity contribution in [3.8, 4) is 0 Å². The SMILES string of the molecule is CC1(C(=O)O)CCN(C(=O)C2CCCCN2C(=O)c2ccco2)C1. The van der Waals surface area contributed by atoms with Gasteiger partial charge >= 0.3 is 5.97 Å². The summed E-state index contributed by atoms with van der Waals surface area (Å²) in [6.07, 6.45) is 4.21. The minimum Gasteiger partial charge on any atom is -0.481 e. The van der Waals surface area contributed by atoms with E-state index in [0.29, 0.717) is 25.9 Å². The number of rotatable bonds is 3. The van der Waals surface area contributed by atoms with Gasteiger partial charge in [-0.15, -0.1) is 0 Å². The van der Waals surface area contributed by atoms with Crippen LogP contribution in [0.3, 0.4) is 0 Å². The minimum absolute atomic E-state index is 0.153. The second kappa shape index (κ2) is 6.30. The zero-order chi connectivity index (χ0) is 17.3. The number of carbonyl (C=O) groups excluding carboxylic acids is 2. The van der Waals surface area contributed by atoms with Gasteiger partial charge in [-0.25, -0.2) is 0 Å². The lowest BCUT2D eigenvalue weighted by atomic mass is 9.90. The van der Waals surface area contributed by atoms with E-state index in [4.69, 9.17) is 4.42 Å². The summed E-state index contributed by atoms with van der Waals surface area (Å²) in [4.78, 5) is 40.0. The van der Waals surface area contributed by atoms with Crippen LogP contribution in [-0.4, -0.2) is 58.4 Å². The Bertz CT molecular complexity index is 641. The fraction of sp³-hybridized carbons (Fsp3) is 0.588. The summed E-state index contributed by atoms with van der Waals surface area (Å²) in [6, 6.07) is 2.70. The fourth-order valence-electron chi connectivity index (χ4n) is 3.51. The van der Waals surface area contributed by atoms with E-state index in [1.165, 1.54) is 6.26 Å². The topological polar surface area (TPSA) is 91.1 Å². The third kappa shape index (κ3) is 2.90. The first kappa shape index (κ1) is 16.5. The average molecular weight is 334 g/mol. The maximum absolute atomic E-state index is 12.9. The number of hydrogen-bond donors (Lipinski definition) is 1. The highest BCUT2D eigenvalue weighted by Gasteiger charge is 2.45. The van der Waals surface area contributed by atoms with Crippen LogP contribution in [0.15, 0.2) is 22.8 Å². The molecular weight excluding hydrogens is 312 g/mol. The van der Waals surface area contributed by atoms with Gasteiger partial charge in [0.25, 0.3) is 5.91 Å². The van der Waals surface area contributed by atoms with Crippen molar-refractivity contribution in [1.29, 1.82) is 0 Å².